The van der Waals surface area contributed by atoms with Crippen molar-refractivity contribution >= 4 is 32.5 Å². The summed E-state index contributed by atoms with van der Waals surface area (Å²) >= 11 is 0. The van der Waals surface area contributed by atoms with Crippen LogP contribution in [0.15, 0.2) is 65.6 Å². The average Bonchev–Trinajstić information content (AvgIpc) is 3.35. The molecule has 6 nitrogen and oxygen atoms in total. The highest BCUT2D eigenvalue weighted by atomic mass is 32.2. The molecule has 31 heavy (non-hydrogen) atoms. The summed E-state index contributed by atoms with van der Waals surface area (Å²) in [7, 11) is -4.06. The zero-order chi connectivity index (χ0) is 21.6. The van der Waals surface area contributed by atoms with E-state index in [1.807, 2.05) is 36.4 Å². The van der Waals surface area contributed by atoms with Gasteiger partial charge in [-0.2, -0.15) is 4.31 Å². The first-order valence-corrected chi connectivity index (χ1v) is 11.7. The second-order valence-corrected chi connectivity index (χ2v) is 10.00. The van der Waals surface area contributed by atoms with E-state index in [0.717, 1.165) is 20.6 Å². The van der Waals surface area contributed by atoms with Crippen molar-refractivity contribution in [2.45, 2.75) is 35.7 Å². The molecule has 3 aromatic carbocycles. The molecule has 0 N–H and O–H groups in total. The Kier molecular flexibility index (Phi) is 3.51. The van der Waals surface area contributed by atoms with Gasteiger partial charge < -0.3 is 4.74 Å². The highest BCUT2D eigenvalue weighted by Gasteiger charge is 2.91. The van der Waals surface area contributed by atoms with E-state index in [2.05, 4.69) is 0 Å². The number of sulfonamides is 1. The lowest BCUT2D eigenvalue weighted by atomic mass is 9.73. The molecule has 2 heterocycles. The highest BCUT2D eigenvalue weighted by Crippen LogP contribution is 2.71. The summed E-state index contributed by atoms with van der Waals surface area (Å²) in [4.78, 5) is 27.3. The van der Waals surface area contributed by atoms with Gasteiger partial charge in [-0.15, -0.1) is 0 Å². The second-order valence-electron chi connectivity index (χ2n) is 8.24. The number of aryl methyl sites for hydroxylation is 1. The zero-order valence-corrected chi connectivity index (χ0v) is 17.6. The van der Waals surface area contributed by atoms with Crippen LogP contribution >= 0.6 is 0 Å². The van der Waals surface area contributed by atoms with E-state index < -0.39 is 27.1 Å². The van der Waals surface area contributed by atoms with Crippen LogP contribution in [0.5, 0.6) is 0 Å². The van der Waals surface area contributed by atoms with Crippen molar-refractivity contribution in [1.29, 1.82) is 0 Å². The molecule has 0 aromatic heterocycles. The number of hydrogen-bond donors (Lipinski definition) is 0. The molecule has 3 aliphatic rings. The number of ether oxygens (including phenoxy) is 1. The summed E-state index contributed by atoms with van der Waals surface area (Å²) in [6.45, 7) is 1.77. The van der Waals surface area contributed by atoms with E-state index >= 15 is 0 Å². The van der Waals surface area contributed by atoms with Crippen molar-refractivity contribution < 1.29 is 22.7 Å². The smallest absolute Gasteiger partial charge is 0.334 e. The number of nitrogens with zero attached hydrogens (tertiary/aromatic N) is 1. The van der Waals surface area contributed by atoms with Gasteiger partial charge in [0.25, 0.3) is 0 Å². The van der Waals surface area contributed by atoms with Crippen molar-refractivity contribution in [3.8, 4) is 0 Å². The van der Waals surface area contributed by atoms with Gasteiger partial charge in [0, 0.05) is 11.1 Å². The summed E-state index contributed by atoms with van der Waals surface area (Å²) in [6.07, 6.45) is 0.755. The molecule has 1 spiro atoms. The Hall–Kier alpha value is -3.03. The number of carbonyl (C=O) groups excluding carboxylic acids is 2. The molecule has 1 fully saturated rings. The van der Waals surface area contributed by atoms with Gasteiger partial charge in [0.2, 0.25) is 10.0 Å². The quantitative estimate of drug-likeness (QED) is 0.458. The molecule has 1 saturated heterocycles. The molecular weight excluding hydrogens is 414 g/mol. The third-order valence-corrected chi connectivity index (χ3v) is 8.88. The molecule has 1 unspecified atom stereocenters. The lowest BCUT2D eigenvalue weighted by molar-refractivity contribution is -0.147. The molecule has 0 radical (unpaired) electrons. The zero-order valence-electron chi connectivity index (χ0n) is 16.8. The fraction of sp³-hybridized carbons (Fsp3) is 0.250. The SMILES string of the molecule is CCOC(=O)[C@@]12c3cc4ccccc4cc3S(=O)(=O)N1[C@@]21CCc2ccccc2C1=O. The maximum atomic E-state index is 13.8. The lowest BCUT2D eigenvalue weighted by Crippen LogP contribution is -2.43. The molecular formula is C24H19NO5S. The third-order valence-electron chi connectivity index (χ3n) is 6.92. The number of hydrogen-bond acceptors (Lipinski definition) is 5. The molecule has 156 valence electrons. The molecule has 2 aliphatic heterocycles. The van der Waals surface area contributed by atoms with E-state index in [-0.39, 0.29) is 23.7 Å². The number of esters is 1. The van der Waals surface area contributed by atoms with E-state index in [4.69, 9.17) is 4.74 Å². The molecule has 0 saturated carbocycles. The molecule has 3 atom stereocenters. The van der Waals surface area contributed by atoms with Crippen LogP contribution in [0.3, 0.4) is 0 Å². The molecule has 3 aromatic rings. The van der Waals surface area contributed by atoms with E-state index in [1.54, 1.807) is 31.2 Å². The summed E-state index contributed by atoms with van der Waals surface area (Å²) in [5.74, 6) is -1.01. The minimum atomic E-state index is -4.06. The van der Waals surface area contributed by atoms with Crippen LogP contribution in [0.2, 0.25) is 0 Å². The monoisotopic (exact) mass is 433 g/mol. The largest absolute Gasteiger partial charge is 0.464 e. The van der Waals surface area contributed by atoms with Crippen molar-refractivity contribution in [2.75, 3.05) is 6.61 Å². The first-order chi connectivity index (χ1) is 14.9. The summed E-state index contributed by atoms with van der Waals surface area (Å²) in [6, 6.07) is 17.9. The minimum Gasteiger partial charge on any atom is -0.464 e. The number of rotatable bonds is 2. The Morgan fingerprint density at radius 2 is 1.74 bits per heavy atom. The number of fused-ring (bicyclic) bond motifs is 7. The molecule has 6 rings (SSSR count). The van der Waals surface area contributed by atoms with Gasteiger partial charge in [0.05, 0.1) is 11.5 Å². The minimum absolute atomic E-state index is 0.0801. The number of benzene rings is 3. The van der Waals surface area contributed by atoms with E-state index in [0.29, 0.717) is 17.5 Å². The molecule has 1 aliphatic carbocycles. The normalized spacial score (nSPS) is 29.3. The Balaban J connectivity index is 1.67. The van der Waals surface area contributed by atoms with Gasteiger partial charge in [-0.25, -0.2) is 13.2 Å². The first kappa shape index (κ1) is 18.7. The van der Waals surface area contributed by atoms with Crippen molar-refractivity contribution in [3.05, 3.63) is 77.4 Å². The van der Waals surface area contributed by atoms with Crippen LogP contribution in [-0.4, -0.2) is 36.6 Å². The van der Waals surface area contributed by atoms with Crippen molar-refractivity contribution in [3.63, 3.8) is 0 Å². The van der Waals surface area contributed by atoms with Gasteiger partial charge >= 0.3 is 5.97 Å². The Morgan fingerprint density at radius 3 is 2.48 bits per heavy atom. The lowest BCUT2D eigenvalue weighted by Gasteiger charge is -2.28. The Bertz CT molecular complexity index is 1430. The molecule has 0 bridgehead atoms. The number of ketones is 1. The Labute approximate surface area is 179 Å². The van der Waals surface area contributed by atoms with Gasteiger partial charge in [-0.05, 0) is 48.2 Å². The number of Topliss-reactive ketones (excluding diaryl/α,β-unsaturated/α-hetero) is 1. The van der Waals surface area contributed by atoms with E-state index in [1.165, 1.54) is 0 Å². The standard InChI is InChI=1S/C24H19NO5S/c1-2-30-22(27)24-19-13-16-8-3-4-9-17(16)14-20(19)31(28,29)25(24)23(24)12-11-15-7-5-6-10-18(15)21(23)26/h3-10,13-14H,2,11-12H2,1H3/t23-,24-,25?/m1/s1. The van der Waals surface area contributed by atoms with Crippen LogP contribution < -0.4 is 0 Å². The van der Waals surface area contributed by atoms with Gasteiger partial charge in [0.1, 0.15) is 5.54 Å². The maximum absolute atomic E-state index is 13.8. The second kappa shape index (κ2) is 5.81. The highest BCUT2D eigenvalue weighted by molar-refractivity contribution is 7.90. The topological polar surface area (TPSA) is 80.5 Å². The van der Waals surface area contributed by atoms with Crippen LogP contribution in [-0.2, 0) is 31.5 Å². The third kappa shape index (κ3) is 1.95. The summed E-state index contributed by atoms with van der Waals surface area (Å²) in [5, 5.41) is 1.58. The van der Waals surface area contributed by atoms with E-state index in [9.17, 15) is 18.0 Å². The van der Waals surface area contributed by atoms with Crippen LogP contribution in [0.25, 0.3) is 10.8 Å². The molecule has 7 heteroatoms. The van der Waals surface area contributed by atoms with Gasteiger partial charge in [-0.1, -0.05) is 48.5 Å². The van der Waals surface area contributed by atoms with Crippen molar-refractivity contribution in [2.24, 2.45) is 0 Å². The predicted molar refractivity (Wildman–Crippen MR) is 113 cm³/mol. The predicted octanol–water partition coefficient (Wildman–Crippen LogP) is 3.18. The fourth-order valence-corrected chi connectivity index (χ4v) is 7.98. The fourth-order valence-electron chi connectivity index (χ4n) is 5.66. The Morgan fingerprint density at radius 1 is 1.06 bits per heavy atom. The van der Waals surface area contributed by atoms with Crippen LogP contribution in [0.4, 0.5) is 0 Å². The first-order valence-electron chi connectivity index (χ1n) is 10.3. The van der Waals surface area contributed by atoms with Gasteiger partial charge in [0.15, 0.2) is 11.3 Å². The molecule has 0 amide bonds. The number of carbonyl (C=O) groups is 2. The van der Waals surface area contributed by atoms with Gasteiger partial charge in [-0.3, -0.25) is 4.79 Å². The average molecular weight is 433 g/mol. The summed E-state index contributed by atoms with van der Waals surface area (Å²) < 4.78 is 33.9. The van der Waals surface area contributed by atoms with Crippen LogP contribution in [0.1, 0.15) is 34.8 Å². The maximum Gasteiger partial charge on any atom is 0.334 e. The summed E-state index contributed by atoms with van der Waals surface area (Å²) in [5.41, 5.74) is -1.42. The van der Waals surface area contributed by atoms with Crippen LogP contribution in [0, 0.1) is 0 Å². The van der Waals surface area contributed by atoms with Crippen molar-refractivity contribution in [1.82, 2.24) is 4.31 Å².